The minimum Gasteiger partial charge on any atom is -0.462 e. The molecule has 0 saturated carbocycles. The fraction of sp³-hybridized carbons (Fsp3) is 0.364. The standard InChI is InChI=1S/C11H11NO6S2/c1-3-17-9(14)7-8(10(15)18-4-2)20-11(19-7)6(5-13)12-16/h5H,3-4H2,1-2H3. The van der Waals surface area contributed by atoms with Crippen molar-refractivity contribution in [3.8, 4) is 0 Å². The van der Waals surface area contributed by atoms with Crippen LogP contribution in [0.3, 0.4) is 0 Å². The van der Waals surface area contributed by atoms with Crippen molar-refractivity contribution in [1.82, 2.24) is 0 Å². The molecule has 0 unspecified atom stereocenters. The van der Waals surface area contributed by atoms with E-state index in [0.29, 0.717) is 0 Å². The van der Waals surface area contributed by atoms with Crippen LogP contribution in [-0.4, -0.2) is 31.4 Å². The number of carbonyl (C=O) groups is 3. The minimum atomic E-state index is -0.709. The number of rotatable bonds is 6. The van der Waals surface area contributed by atoms with E-state index in [1.165, 1.54) is 0 Å². The fourth-order valence-electron chi connectivity index (χ4n) is 1.17. The van der Waals surface area contributed by atoms with E-state index in [4.69, 9.17) is 9.47 Å². The summed E-state index contributed by atoms with van der Waals surface area (Å²) in [6.07, 6.45) is 0.263. The number of hydrogen-bond donors (Lipinski definition) is 0. The van der Waals surface area contributed by atoms with Gasteiger partial charge in [-0.3, -0.25) is 4.79 Å². The molecule has 1 aliphatic heterocycles. The van der Waals surface area contributed by atoms with E-state index in [1.54, 1.807) is 13.8 Å². The Hall–Kier alpha value is -1.61. The Labute approximate surface area is 123 Å². The summed E-state index contributed by atoms with van der Waals surface area (Å²) in [6.45, 7) is 3.51. The van der Waals surface area contributed by atoms with Crippen LogP contribution >= 0.6 is 23.5 Å². The van der Waals surface area contributed by atoms with Crippen molar-refractivity contribution in [3.05, 3.63) is 24.7 Å². The summed E-state index contributed by atoms with van der Waals surface area (Å²) in [5, 5.41) is 2.56. The molecule has 0 aromatic heterocycles. The number of esters is 2. The molecule has 0 saturated heterocycles. The van der Waals surface area contributed by atoms with E-state index >= 15 is 0 Å². The summed E-state index contributed by atoms with van der Waals surface area (Å²) in [6, 6.07) is 0. The van der Waals surface area contributed by atoms with E-state index in [2.05, 4.69) is 5.18 Å². The summed E-state index contributed by atoms with van der Waals surface area (Å²) in [5.41, 5.74) is -0.374. The Morgan fingerprint density at radius 3 is 1.85 bits per heavy atom. The molecule has 7 nitrogen and oxygen atoms in total. The highest BCUT2D eigenvalue weighted by molar-refractivity contribution is 8.29. The largest absolute Gasteiger partial charge is 0.462 e. The molecular weight excluding hydrogens is 306 g/mol. The van der Waals surface area contributed by atoms with Gasteiger partial charge in [-0.1, -0.05) is 23.5 Å². The van der Waals surface area contributed by atoms with Crippen molar-refractivity contribution in [2.75, 3.05) is 13.2 Å². The van der Waals surface area contributed by atoms with Crippen LogP contribution < -0.4 is 0 Å². The first kappa shape index (κ1) is 16.4. The molecule has 0 atom stereocenters. The van der Waals surface area contributed by atoms with E-state index < -0.39 is 11.9 Å². The van der Waals surface area contributed by atoms with Gasteiger partial charge in [-0.2, -0.15) is 0 Å². The zero-order valence-corrected chi connectivity index (χ0v) is 12.3. The second-order valence-electron chi connectivity index (χ2n) is 3.19. The summed E-state index contributed by atoms with van der Waals surface area (Å²) >= 11 is 1.60. The van der Waals surface area contributed by atoms with Crippen molar-refractivity contribution in [2.45, 2.75) is 13.8 Å². The lowest BCUT2D eigenvalue weighted by Gasteiger charge is -2.04. The number of aldehydes is 1. The van der Waals surface area contributed by atoms with Gasteiger partial charge in [0.15, 0.2) is 12.0 Å². The number of nitroso groups, excluding NO2 is 1. The molecule has 9 heteroatoms. The summed E-state index contributed by atoms with van der Waals surface area (Å²) in [5.74, 6) is -1.42. The molecule has 0 N–H and O–H groups in total. The molecule has 0 spiro atoms. The van der Waals surface area contributed by atoms with Gasteiger partial charge in [0.1, 0.15) is 9.81 Å². The second kappa shape index (κ2) is 7.85. The van der Waals surface area contributed by atoms with Crippen LogP contribution in [0.1, 0.15) is 13.8 Å². The quantitative estimate of drug-likeness (QED) is 0.317. The van der Waals surface area contributed by atoms with Gasteiger partial charge >= 0.3 is 11.9 Å². The molecule has 0 amide bonds. The third kappa shape index (κ3) is 3.70. The molecule has 0 bridgehead atoms. The van der Waals surface area contributed by atoms with Crippen LogP contribution in [0.25, 0.3) is 0 Å². The van der Waals surface area contributed by atoms with Gasteiger partial charge in [0, 0.05) is 0 Å². The first-order valence-electron chi connectivity index (χ1n) is 5.56. The Morgan fingerprint density at radius 1 is 1.10 bits per heavy atom. The number of hydrogen-bond acceptors (Lipinski definition) is 9. The van der Waals surface area contributed by atoms with Gasteiger partial charge in [0.25, 0.3) is 0 Å². The molecule has 20 heavy (non-hydrogen) atoms. The third-order valence-electron chi connectivity index (χ3n) is 1.94. The van der Waals surface area contributed by atoms with Gasteiger partial charge in [-0.05, 0) is 19.0 Å². The highest BCUT2D eigenvalue weighted by atomic mass is 32.2. The summed E-state index contributed by atoms with van der Waals surface area (Å²) < 4.78 is 9.80. The lowest BCUT2D eigenvalue weighted by molar-refractivity contribution is -0.140. The maximum atomic E-state index is 11.8. The second-order valence-corrected chi connectivity index (χ2v) is 5.48. The predicted molar refractivity (Wildman–Crippen MR) is 74.4 cm³/mol. The van der Waals surface area contributed by atoms with Crippen LogP contribution in [0.15, 0.2) is 24.9 Å². The molecule has 0 radical (unpaired) electrons. The minimum absolute atomic E-state index is 0.00620. The number of allylic oxidation sites excluding steroid dienone is 1. The summed E-state index contributed by atoms with van der Waals surface area (Å²) in [7, 11) is 0. The van der Waals surface area contributed by atoms with Crippen molar-refractivity contribution < 1.29 is 23.9 Å². The first-order valence-corrected chi connectivity index (χ1v) is 7.19. The van der Waals surface area contributed by atoms with E-state index in [0.717, 1.165) is 23.5 Å². The van der Waals surface area contributed by atoms with Crippen LogP contribution in [0.5, 0.6) is 0 Å². The van der Waals surface area contributed by atoms with Gasteiger partial charge in [0.2, 0.25) is 0 Å². The molecule has 1 rings (SSSR count). The van der Waals surface area contributed by atoms with Crippen molar-refractivity contribution in [3.63, 3.8) is 0 Å². The maximum absolute atomic E-state index is 11.8. The molecule has 108 valence electrons. The average Bonchev–Trinajstić information content (AvgIpc) is 2.86. The van der Waals surface area contributed by atoms with E-state index in [9.17, 15) is 19.3 Å². The number of carbonyl (C=O) groups excluding carboxylic acids is 3. The topological polar surface area (TPSA) is 99.1 Å². The van der Waals surface area contributed by atoms with E-state index in [1.807, 2.05) is 0 Å². The Balaban J connectivity index is 3.14. The Kier molecular flexibility index (Phi) is 6.46. The zero-order chi connectivity index (χ0) is 15.1. The van der Waals surface area contributed by atoms with Crippen molar-refractivity contribution >= 4 is 41.7 Å². The highest BCUT2D eigenvalue weighted by Crippen LogP contribution is 2.51. The lowest BCUT2D eigenvalue weighted by Crippen LogP contribution is -2.11. The van der Waals surface area contributed by atoms with Crippen LogP contribution in [-0.2, 0) is 23.9 Å². The molecule has 1 heterocycles. The van der Waals surface area contributed by atoms with Crippen molar-refractivity contribution in [1.29, 1.82) is 0 Å². The predicted octanol–water partition coefficient (Wildman–Crippen LogP) is 1.94. The zero-order valence-electron chi connectivity index (χ0n) is 10.7. The monoisotopic (exact) mass is 317 g/mol. The molecule has 0 aliphatic carbocycles. The molecular formula is C11H11NO6S2. The number of thioether (sulfide) groups is 2. The smallest absolute Gasteiger partial charge is 0.346 e. The van der Waals surface area contributed by atoms with Crippen LogP contribution in [0, 0.1) is 4.91 Å². The summed E-state index contributed by atoms with van der Waals surface area (Å²) in [4.78, 5) is 44.7. The SMILES string of the molecule is CCOC(=O)C1=C(C(=O)OCC)SC(=C(C=O)N=O)S1. The molecule has 0 fully saturated rings. The van der Waals surface area contributed by atoms with Gasteiger partial charge in [-0.15, -0.1) is 4.91 Å². The highest BCUT2D eigenvalue weighted by Gasteiger charge is 2.34. The maximum Gasteiger partial charge on any atom is 0.346 e. The van der Waals surface area contributed by atoms with Gasteiger partial charge in [-0.25, -0.2) is 9.59 Å². The molecule has 1 aliphatic rings. The van der Waals surface area contributed by atoms with Crippen LogP contribution in [0.2, 0.25) is 0 Å². The van der Waals surface area contributed by atoms with Crippen molar-refractivity contribution in [2.24, 2.45) is 5.18 Å². The normalized spacial score (nSPS) is 14.0. The lowest BCUT2D eigenvalue weighted by atomic mass is 10.5. The third-order valence-corrected chi connectivity index (χ3v) is 4.50. The molecule has 0 aromatic carbocycles. The first-order chi connectivity index (χ1) is 9.58. The van der Waals surface area contributed by atoms with Gasteiger partial charge in [0.05, 0.1) is 17.5 Å². The average molecular weight is 317 g/mol. The van der Waals surface area contributed by atoms with E-state index in [-0.39, 0.29) is 39.2 Å². The number of nitrogens with zero attached hydrogens (tertiary/aromatic N) is 1. The molecule has 0 aromatic rings. The Bertz CT molecular complexity index is 469. The fourth-order valence-corrected chi connectivity index (χ4v) is 3.48. The van der Waals surface area contributed by atoms with Crippen LogP contribution in [0.4, 0.5) is 0 Å². The Morgan fingerprint density at radius 2 is 1.55 bits per heavy atom. The number of ether oxygens (including phenoxy) is 2. The van der Waals surface area contributed by atoms with Gasteiger partial charge < -0.3 is 9.47 Å².